The van der Waals surface area contributed by atoms with Gasteiger partial charge in [0, 0.05) is 12.8 Å². The molecular formula is C17H29IO5. The van der Waals surface area contributed by atoms with E-state index in [4.69, 9.17) is 14.2 Å². The fourth-order valence-electron chi connectivity index (χ4n) is 3.02. The van der Waals surface area contributed by atoms with Crippen LogP contribution in [0.25, 0.3) is 0 Å². The second-order valence-corrected chi connectivity index (χ2v) is 8.57. The van der Waals surface area contributed by atoms with Crippen molar-refractivity contribution in [2.24, 2.45) is 5.92 Å². The van der Waals surface area contributed by atoms with Crippen LogP contribution in [-0.4, -0.2) is 40.3 Å². The number of hydrogen-bond acceptors (Lipinski definition) is 5. The van der Waals surface area contributed by atoms with Crippen molar-refractivity contribution in [3.05, 3.63) is 0 Å². The lowest BCUT2D eigenvalue weighted by atomic mass is 9.92. The molecule has 1 saturated heterocycles. The Bertz CT molecular complexity index is 410. The van der Waals surface area contributed by atoms with Gasteiger partial charge in [-0.15, -0.1) is 0 Å². The molecule has 0 radical (unpaired) electrons. The number of ether oxygens (including phenoxy) is 3. The zero-order valence-electron chi connectivity index (χ0n) is 14.8. The van der Waals surface area contributed by atoms with Crippen molar-refractivity contribution in [1.82, 2.24) is 0 Å². The number of alkyl halides is 1. The van der Waals surface area contributed by atoms with Gasteiger partial charge < -0.3 is 14.2 Å². The molecule has 0 saturated carbocycles. The number of rotatable bonds is 8. The summed E-state index contributed by atoms with van der Waals surface area (Å²) in [6.07, 6.45) is 3.14. The van der Waals surface area contributed by atoms with E-state index in [1.54, 1.807) is 6.92 Å². The molecule has 1 aliphatic heterocycles. The molecule has 1 rings (SSSR count). The molecule has 5 nitrogen and oxygen atoms in total. The van der Waals surface area contributed by atoms with Crippen LogP contribution in [0.3, 0.4) is 0 Å². The average molecular weight is 440 g/mol. The van der Waals surface area contributed by atoms with E-state index in [2.05, 4.69) is 36.4 Å². The van der Waals surface area contributed by atoms with Crippen LogP contribution in [0.1, 0.15) is 60.3 Å². The molecule has 1 heterocycles. The van der Waals surface area contributed by atoms with Crippen molar-refractivity contribution in [3.8, 4) is 0 Å². The molecule has 0 aromatic carbocycles. The summed E-state index contributed by atoms with van der Waals surface area (Å²) in [5.41, 5.74) is 0. The molecule has 0 bridgehead atoms. The third-order valence-electron chi connectivity index (χ3n) is 4.40. The highest BCUT2D eigenvalue weighted by molar-refractivity contribution is 14.1. The Morgan fingerprint density at radius 3 is 2.52 bits per heavy atom. The van der Waals surface area contributed by atoms with E-state index in [1.807, 2.05) is 6.92 Å². The predicted octanol–water partition coefficient (Wildman–Crippen LogP) is 3.66. The largest absolute Gasteiger partial charge is 0.465 e. The van der Waals surface area contributed by atoms with E-state index in [0.717, 1.165) is 25.7 Å². The summed E-state index contributed by atoms with van der Waals surface area (Å²) >= 11 is 2.13. The lowest BCUT2D eigenvalue weighted by Crippen LogP contribution is -2.43. The van der Waals surface area contributed by atoms with Crippen molar-refractivity contribution >= 4 is 34.5 Å². The SMILES string of the molecule is CCC[C@H](OC(C)=O)[C@H](C)[C@@H]1CC[C@H]([C@](C)(I)C(=O)OCC)O1. The van der Waals surface area contributed by atoms with E-state index in [-0.39, 0.29) is 36.2 Å². The van der Waals surface area contributed by atoms with Gasteiger partial charge in [0.25, 0.3) is 0 Å². The van der Waals surface area contributed by atoms with Gasteiger partial charge in [-0.1, -0.05) is 42.9 Å². The highest BCUT2D eigenvalue weighted by Crippen LogP contribution is 2.38. The Labute approximate surface area is 152 Å². The fraction of sp³-hybridized carbons (Fsp3) is 0.882. The molecule has 0 spiro atoms. The number of carbonyl (C=O) groups is 2. The fourth-order valence-corrected chi connectivity index (χ4v) is 3.63. The third kappa shape index (κ3) is 5.59. The van der Waals surface area contributed by atoms with Crippen LogP contribution in [0.2, 0.25) is 0 Å². The molecule has 1 aliphatic rings. The molecule has 0 aromatic rings. The maximum Gasteiger partial charge on any atom is 0.324 e. The topological polar surface area (TPSA) is 61.8 Å². The van der Waals surface area contributed by atoms with Crippen LogP contribution in [0.15, 0.2) is 0 Å². The molecule has 0 aliphatic carbocycles. The van der Waals surface area contributed by atoms with Gasteiger partial charge in [0.1, 0.15) is 9.53 Å². The minimum Gasteiger partial charge on any atom is -0.465 e. The molecule has 0 aromatic heterocycles. The van der Waals surface area contributed by atoms with Gasteiger partial charge in [-0.05, 0) is 33.1 Å². The van der Waals surface area contributed by atoms with Crippen LogP contribution in [-0.2, 0) is 23.8 Å². The Kier molecular flexibility index (Phi) is 8.27. The predicted molar refractivity (Wildman–Crippen MR) is 96.6 cm³/mol. The van der Waals surface area contributed by atoms with Gasteiger partial charge >= 0.3 is 11.9 Å². The lowest BCUT2D eigenvalue weighted by molar-refractivity contribution is -0.154. The molecule has 1 fully saturated rings. The first-order chi connectivity index (χ1) is 10.7. The summed E-state index contributed by atoms with van der Waals surface area (Å²) in [7, 11) is 0. The van der Waals surface area contributed by atoms with Crippen molar-refractivity contribution in [3.63, 3.8) is 0 Å². The first-order valence-corrected chi connectivity index (χ1v) is 9.50. The summed E-state index contributed by atoms with van der Waals surface area (Å²) < 4.78 is 16.1. The van der Waals surface area contributed by atoms with Crippen molar-refractivity contribution in [2.75, 3.05) is 6.61 Å². The second kappa shape index (κ2) is 9.20. The van der Waals surface area contributed by atoms with Crippen LogP contribution >= 0.6 is 22.6 Å². The third-order valence-corrected chi connectivity index (χ3v) is 5.53. The molecule has 6 heteroatoms. The Morgan fingerprint density at radius 2 is 2.00 bits per heavy atom. The number of hydrogen-bond donors (Lipinski definition) is 0. The normalized spacial score (nSPS) is 26.2. The Hall–Kier alpha value is -0.370. The summed E-state index contributed by atoms with van der Waals surface area (Å²) in [4.78, 5) is 23.4. The van der Waals surface area contributed by atoms with Crippen LogP contribution in [0.5, 0.6) is 0 Å². The average Bonchev–Trinajstić information content (AvgIpc) is 2.96. The second-order valence-electron chi connectivity index (χ2n) is 6.33. The smallest absolute Gasteiger partial charge is 0.324 e. The van der Waals surface area contributed by atoms with E-state index in [0.29, 0.717) is 6.61 Å². The highest BCUT2D eigenvalue weighted by atomic mass is 127. The summed E-state index contributed by atoms with van der Waals surface area (Å²) in [5, 5.41) is 0. The molecule has 5 atom stereocenters. The summed E-state index contributed by atoms with van der Waals surface area (Å²) in [6.45, 7) is 9.61. The molecule has 0 N–H and O–H groups in total. The van der Waals surface area contributed by atoms with Crippen LogP contribution in [0.4, 0.5) is 0 Å². The zero-order chi connectivity index (χ0) is 17.6. The van der Waals surface area contributed by atoms with E-state index in [9.17, 15) is 9.59 Å². The van der Waals surface area contributed by atoms with Gasteiger partial charge in [0.05, 0.1) is 18.8 Å². The Morgan fingerprint density at radius 1 is 1.35 bits per heavy atom. The maximum atomic E-state index is 12.1. The minimum atomic E-state index is -0.691. The van der Waals surface area contributed by atoms with Gasteiger partial charge in [-0.3, -0.25) is 9.59 Å². The Balaban J connectivity index is 2.70. The first kappa shape index (κ1) is 20.7. The zero-order valence-corrected chi connectivity index (χ0v) is 16.9. The molecular weight excluding hydrogens is 411 g/mol. The summed E-state index contributed by atoms with van der Waals surface area (Å²) in [6, 6.07) is 0. The molecule has 23 heavy (non-hydrogen) atoms. The highest BCUT2D eigenvalue weighted by Gasteiger charge is 2.47. The minimum absolute atomic E-state index is 0.000539. The number of halogens is 1. The van der Waals surface area contributed by atoms with Crippen LogP contribution in [0, 0.1) is 5.92 Å². The van der Waals surface area contributed by atoms with E-state index in [1.165, 1.54) is 6.92 Å². The molecule has 134 valence electrons. The van der Waals surface area contributed by atoms with Gasteiger partial charge in [-0.2, -0.15) is 0 Å². The standard InChI is InChI=1S/C17H29IO5/c1-6-8-13(22-12(4)19)11(3)14-9-10-15(23-14)17(5,18)16(20)21-7-2/h11,13-15H,6-10H2,1-5H3/t11-,13-,14-,15+,17-/m0/s1. The quantitative estimate of drug-likeness (QED) is 0.328. The van der Waals surface area contributed by atoms with Crippen LogP contribution < -0.4 is 0 Å². The van der Waals surface area contributed by atoms with Gasteiger partial charge in [-0.25, -0.2) is 0 Å². The van der Waals surface area contributed by atoms with E-state index >= 15 is 0 Å². The monoisotopic (exact) mass is 440 g/mol. The number of carbonyl (C=O) groups excluding carboxylic acids is 2. The lowest BCUT2D eigenvalue weighted by Gasteiger charge is -2.31. The molecule has 0 amide bonds. The van der Waals surface area contributed by atoms with Crippen molar-refractivity contribution in [1.29, 1.82) is 0 Å². The first-order valence-electron chi connectivity index (χ1n) is 8.42. The van der Waals surface area contributed by atoms with Crippen molar-refractivity contribution < 1.29 is 23.8 Å². The summed E-state index contributed by atoms with van der Waals surface area (Å²) in [5.74, 6) is -0.377. The number of esters is 2. The maximum absolute atomic E-state index is 12.1. The van der Waals surface area contributed by atoms with Gasteiger partial charge in [0.15, 0.2) is 0 Å². The van der Waals surface area contributed by atoms with Gasteiger partial charge in [0.2, 0.25) is 0 Å². The van der Waals surface area contributed by atoms with Crippen molar-refractivity contribution in [2.45, 2.75) is 82.0 Å². The van der Waals surface area contributed by atoms with E-state index < -0.39 is 3.42 Å². The molecule has 0 unspecified atom stereocenters.